The Morgan fingerprint density at radius 2 is 2.15 bits per heavy atom. The van der Waals surface area contributed by atoms with Gasteiger partial charge < -0.3 is 14.9 Å². The van der Waals surface area contributed by atoms with Gasteiger partial charge in [-0.05, 0) is 32.1 Å². The summed E-state index contributed by atoms with van der Waals surface area (Å²) in [6.07, 6.45) is 1.60. The highest BCUT2D eigenvalue weighted by atomic mass is 19.3. The van der Waals surface area contributed by atoms with E-state index in [0.717, 1.165) is 6.42 Å². The van der Waals surface area contributed by atoms with E-state index in [-0.39, 0.29) is 42.3 Å². The smallest absolute Gasteiger partial charge is 0.303 e. The lowest BCUT2D eigenvalue weighted by Gasteiger charge is -2.41. The number of nitrogens with zero attached hydrogens (tertiary/aromatic N) is 4. The van der Waals surface area contributed by atoms with Gasteiger partial charge in [0.2, 0.25) is 0 Å². The maximum atomic E-state index is 14.7. The number of hydrogen-bond acceptors (Lipinski definition) is 5. The first kappa shape index (κ1) is 18.0. The van der Waals surface area contributed by atoms with E-state index in [1.165, 1.54) is 0 Å². The molecule has 2 aliphatic heterocycles. The quantitative estimate of drug-likeness (QED) is 0.870. The molecule has 0 bridgehead atoms. The highest BCUT2D eigenvalue weighted by molar-refractivity contribution is 5.71. The molecule has 2 fully saturated rings. The number of aliphatic carboxylic acids is 1. The van der Waals surface area contributed by atoms with Gasteiger partial charge in [-0.15, -0.1) is 0 Å². The third kappa shape index (κ3) is 2.89. The van der Waals surface area contributed by atoms with Gasteiger partial charge in [0.25, 0.3) is 5.92 Å². The van der Waals surface area contributed by atoms with Crippen LogP contribution in [0.5, 0.6) is 0 Å². The number of hydrogen-bond donors (Lipinski definition) is 1. The third-order valence-corrected chi connectivity index (χ3v) is 6.06. The molecule has 0 unspecified atom stereocenters. The van der Waals surface area contributed by atoms with E-state index < -0.39 is 11.9 Å². The Kier molecular flexibility index (Phi) is 4.21. The SMILES string of the molecule is C[C@H]1CCN1c1nc(N2CC[C@@H](CC(=O)O)C2)c2c(c1C#N)C(F)(F)CC2. The molecule has 6 nitrogen and oxygen atoms in total. The predicted octanol–water partition coefficient (Wildman–Crippen LogP) is 2.89. The summed E-state index contributed by atoms with van der Waals surface area (Å²) >= 11 is 0. The second kappa shape index (κ2) is 6.32. The molecule has 27 heavy (non-hydrogen) atoms. The summed E-state index contributed by atoms with van der Waals surface area (Å²) in [7, 11) is 0. The van der Waals surface area contributed by atoms with Crippen molar-refractivity contribution in [3.8, 4) is 6.07 Å². The maximum absolute atomic E-state index is 14.7. The molecular weight excluding hydrogens is 354 g/mol. The van der Waals surface area contributed by atoms with Gasteiger partial charge in [0.1, 0.15) is 23.3 Å². The Morgan fingerprint density at radius 3 is 2.74 bits per heavy atom. The molecule has 144 valence electrons. The van der Waals surface area contributed by atoms with Crippen molar-refractivity contribution >= 4 is 17.6 Å². The van der Waals surface area contributed by atoms with E-state index in [9.17, 15) is 18.8 Å². The standard InChI is InChI=1S/C19H22F2N4O2/c1-11-3-7-25(11)18-14(9-22)16-13(2-5-19(16,20)21)17(23-18)24-6-4-12(10-24)8-15(26)27/h11-12H,2-8,10H2,1H3,(H,26,27)/t11-,12-/m0/s1. The van der Waals surface area contributed by atoms with Crippen molar-refractivity contribution in [2.24, 2.45) is 5.92 Å². The van der Waals surface area contributed by atoms with Crippen LogP contribution in [-0.2, 0) is 17.1 Å². The van der Waals surface area contributed by atoms with Crippen LogP contribution in [-0.4, -0.2) is 41.7 Å². The van der Waals surface area contributed by atoms with Gasteiger partial charge in [-0.1, -0.05) is 0 Å². The number of aromatic nitrogens is 1. The first-order valence-corrected chi connectivity index (χ1v) is 9.40. The largest absolute Gasteiger partial charge is 0.481 e. The second-order valence-electron chi connectivity index (χ2n) is 7.83. The summed E-state index contributed by atoms with van der Waals surface area (Å²) in [5.74, 6) is -3.01. The lowest BCUT2D eigenvalue weighted by molar-refractivity contribution is -0.137. The molecule has 0 amide bonds. The number of pyridine rings is 1. The molecule has 3 heterocycles. The minimum atomic E-state index is -3.03. The molecule has 0 aromatic carbocycles. The van der Waals surface area contributed by atoms with Crippen LogP contribution in [0.2, 0.25) is 0 Å². The Hall–Kier alpha value is -2.43. The minimum Gasteiger partial charge on any atom is -0.481 e. The second-order valence-corrected chi connectivity index (χ2v) is 7.83. The van der Waals surface area contributed by atoms with Gasteiger partial charge >= 0.3 is 5.97 Å². The fraction of sp³-hybridized carbons (Fsp3) is 0.632. The first-order valence-electron chi connectivity index (χ1n) is 9.40. The monoisotopic (exact) mass is 376 g/mol. The van der Waals surface area contributed by atoms with Gasteiger partial charge in [0.05, 0.1) is 0 Å². The zero-order valence-electron chi connectivity index (χ0n) is 15.2. The molecule has 2 saturated heterocycles. The summed E-state index contributed by atoms with van der Waals surface area (Å²) in [5, 5.41) is 18.7. The Balaban J connectivity index is 1.79. The van der Waals surface area contributed by atoms with Crippen LogP contribution < -0.4 is 9.80 Å². The van der Waals surface area contributed by atoms with Gasteiger partial charge in [-0.2, -0.15) is 5.26 Å². The highest BCUT2D eigenvalue weighted by Gasteiger charge is 2.46. The zero-order chi connectivity index (χ0) is 19.3. The zero-order valence-corrected chi connectivity index (χ0v) is 15.2. The molecule has 0 spiro atoms. The molecule has 4 rings (SSSR count). The number of halogens is 2. The van der Waals surface area contributed by atoms with Gasteiger partial charge in [0.15, 0.2) is 0 Å². The van der Waals surface area contributed by atoms with Crippen molar-refractivity contribution in [3.63, 3.8) is 0 Å². The molecule has 2 atom stereocenters. The molecule has 0 radical (unpaired) electrons. The van der Waals surface area contributed by atoms with Crippen LogP contribution in [0.15, 0.2) is 0 Å². The lowest BCUT2D eigenvalue weighted by atomic mass is 9.99. The van der Waals surface area contributed by atoms with E-state index in [4.69, 9.17) is 10.1 Å². The van der Waals surface area contributed by atoms with Gasteiger partial charge in [-0.25, -0.2) is 13.8 Å². The summed E-state index contributed by atoms with van der Waals surface area (Å²) in [6, 6.07) is 2.16. The molecule has 8 heteroatoms. The van der Waals surface area contributed by atoms with E-state index in [1.54, 1.807) is 0 Å². The van der Waals surface area contributed by atoms with Gasteiger partial charge in [0, 0.05) is 49.6 Å². The van der Waals surface area contributed by atoms with E-state index in [2.05, 4.69) is 0 Å². The molecule has 1 N–H and O–H groups in total. The van der Waals surface area contributed by atoms with Crippen LogP contribution in [0.25, 0.3) is 0 Å². The number of anilines is 2. The van der Waals surface area contributed by atoms with Crippen LogP contribution in [0.3, 0.4) is 0 Å². The van der Waals surface area contributed by atoms with E-state index in [1.807, 2.05) is 22.8 Å². The Bertz CT molecular complexity index is 836. The average molecular weight is 376 g/mol. The number of carboxylic acids is 1. The number of carbonyl (C=O) groups is 1. The normalized spacial score (nSPS) is 25.9. The van der Waals surface area contributed by atoms with Crippen LogP contribution in [0.4, 0.5) is 20.4 Å². The molecule has 0 saturated carbocycles. The average Bonchev–Trinajstić information content (AvgIpc) is 3.17. The van der Waals surface area contributed by atoms with E-state index >= 15 is 0 Å². The summed E-state index contributed by atoms with van der Waals surface area (Å²) < 4.78 is 29.3. The fourth-order valence-corrected chi connectivity index (χ4v) is 4.49. The summed E-state index contributed by atoms with van der Waals surface area (Å²) in [5.41, 5.74) is 0.305. The van der Waals surface area contributed by atoms with Crippen molar-refractivity contribution in [3.05, 3.63) is 16.7 Å². The molecule has 1 aliphatic carbocycles. The minimum absolute atomic E-state index is 0.00378. The fourth-order valence-electron chi connectivity index (χ4n) is 4.49. The topological polar surface area (TPSA) is 80.5 Å². The third-order valence-electron chi connectivity index (χ3n) is 6.06. The Morgan fingerprint density at radius 1 is 1.37 bits per heavy atom. The highest BCUT2D eigenvalue weighted by Crippen LogP contribution is 2.49. The number of rotatable bonds is 4. The van der Waals surface area contributed by atoms with E-state index in [0.29, 0.717) is 43.3 Å². The van der Waals surface area contributed by atoms with Crippen molar-refractivity contribution in [1.82, 2.24) is 4.98 Å². The molecule has 3 aliphatic rings. The predicted molar refractivity (Wildman–Crippen MR) is 95.2 cm³/mol. The van der Waals surface area contributed by atoms with Crippen molar-refractivity contribution in [2.45, 2.75) is 51.0 Å². The first-order chi connectivity index (χ1) is 12.8. The number of alkyl halides is 2. The van der Waals surface area contributed by atoms with Crippen molar-refractivity contribution in [1.29, 1.82) is 5.26 Å². The van der Waals surface area contributed by atoms with Crippen molar-refractivity contribution < 1.29 is 18.7 Å². The Labute approximate surface area is 156 Å². The van der Waals surface area contributed by atoms with Crippen LogP contribution in [0.1, 0.15) is 49.3 Å². The maximum Gasteiger partial charge on any atom is 0.303 e. The lowest BCUT2D eigenvalue weighted by Crippen LogP contribution is -2.47. The van der Waals surface area contributed by atoms with Crippen molar-refractivity contribution in [2.75, 3.05) is 29.4 Å². The number of nitriles is 1. The van der Waals surface area contributed by atoms with Crippen LogP contribution >= 0.6 is 0 Å². The summed E-state index contributed by atoms with van der Waals surface area (Å²) in [4.78, 5) is 19.6. The molecule has 1 aromatic heterocycles. The molecular formula is C19H22F2N4O2. The van der Waals surface area contributed by atoms with Gasteiger partial charge in [-0.3, -0.25) is 4.79 Å². The van der Waals surface area contributed by atoms with Crippen LogP contribution in [0, 0.1) is 17.2 Å². The number of carboxylic acid groups (broad SMARTS) is 1. The molecule has 1 aromatic rings. The number of fused-ring (bicyclic) bond motifs is 1. The summed E-state index contributed by atoms with van der Waals surface area (Å²) in [6.45, 7) is 3.80.